The first-order valence-corrected chi connectivity index (χ1v) is 7.42. The van der Waals surface area contributed by atoms with Gasteiger partial charge >= 0.3 is 0 Å². The molecule has 1 aromatic heterocycles. The summed E-state index contributed by atoms with van der Waals surface area (Å²) >= 11 is 0. The van der Waals surface area contributed by atoms with Crippen molar-refractivity contribution in [1.29, 1.82) is 0 Å². The fraction of sp³-hybridized carbons (Fsp3) is 0.733. The molecule has 20 heavy (non-hydrogen) atoms. The lowest BCUT2D eigenvalue weighted by molar-refractivity contribution is 0.179. The number of hydrogen-bond donors (Lipinski definition) is 3. The van der Waals surface area contributed by atoms with E-state index in [2.05, 4.69) is 48.3 Å². The van der Waals surface area contributed by atoms with E-state index in [4.69, 9.17) is 0 Å². The van der Waals surface area contributed by atoms with Crippen LogP contribution in [-0.2, 0) is 0 Å². The second-order valence-electron chi connectivity index (χ2n) is 5.72. The van der Waals surface area contributed by atoms with Gasteiger partial charge in [0.2, 0.25) is 0 Å². The van der Waals surface area contributed by atoms with Crippen LogP contribution >= 0.6 is 0 Å². The minimum atomic E-state index is -0.322. The predicted octanol–water partition coefficient (Wildman–Crippen LogP) is 2.91. The summed E-state index contributed by atoms with van der Waals surface area (Å²) in [5, 5.41) is 16.1. The van der Waals surface area contributed by atoms with Gasteiger partial charge in [0.25, 0.3) is 0 Å². The van der Waals surface area contributed by atoms with E-state index in [1.807, 2.05) is 6.92 Å². The van der Waals surface area contributed by atoms with E-state index in [0.29, 0.717) is 6.42 Å². The molecule has 0 saturated heterocycles. The van der Waals surface area contributed by atoms with Crippen molar-refractivity contribution < 1.29 is 5.11 Å². The maximum Gasteiger partial charge on any atom is 0.135 e. The first-order valence-electron chi connectivity index (χ1n) is 7.42. The molecule has 0 saturated carbocycles. The molecule has 0 fully saturated rings. The van der Waals surface area contributed by atoms with E-state index in [1.54, 1.807) is 6.92 Å². The number of rotatable bonds is 7. The first kappa shape index (κ1) is 16.7. The van der Waals surface area contributed by atoms with Crippen LogP contribution in [0.25, 0.3) is 0 Å². The summed E-state index contributed by atoms with van der Waals surface area (Å²) in [4.78, 5) is 9.20. The Labute approximate surface area is 122 Å². The van der Waals surface area contributed by atoms with Gasteiger partial charge in [-0.3, -0.25) is 0 Å². The normalized spacial score (nSPS) is 14.2. The van der Waals surface area contributed by atoms with E-state index < -0.39 is 0 Å². The Kier molecular flexibility index (Phi) is 6.20. The Morgan fingerprint density at radius 1 is 1.10 bits per heavy atom. The molecule has 0 aliphatic carbocycles. The molecule has 0 aliphatic rings. The molecule has 3 N–H and O–H groups in total. The molecule has 0 aromatic carbocycles. The highest BCUT2D eigenvalue weighted by Gasteiger charge is 2.15. The molecule has 0 spiro atoms. The molecule has 0 radical (unpaired) electrons. The van der Waals surface area contributed by atoms with Gasteiger partial charge in [0.15, 0.2) is 0 Å². The molecule has 1 aromatic rings. The highest BCUT2D eigenvalue weighted by Crippen LogP contribution is 2.24. The summed E-state index contributed by atoms with van der Waals surface area (Å²) in [5.41, 5.74) is 1.02. The van der Waals surface area contributed by atoms with Crippen LogP contribution in [0.3, 0.4) is 0 Å². The summed E-state index contributed by atoms with van der Waals surface area (Å²) in [5.74, 6) is 2.85. The summed E-state index contributed by atoms with van der Waals surface area (Å²) in [6.45, 7) is 12.9. The number of anilines is 2. The third kappa shape index (κ3) is 4.63. The molecule has 0 amide bonds. The van der Waals surface area contributed by atoms with Crippen LogP contribution in [0.15, 0.2) is 0 Å². The van der Waals surface area contributed by atoms with Gasteiger partial charge < -0.3 is 15.7 Å². The van der Waals surface area contributed by atoms with E-state index in [-0.39, 0.29) is 18.1 Å². The zero-order valence-electron chi connectivity index (χ0n) is 13.5. The largest absolute Gasteiger partial charge is 0.393 e. The minimum Gasteiger partial charge on any atom is -0.393 e. The number of nitrogens with one attached hydrogen (secondary N) is 2. The van der Waals surface area contributed by atoms with Crippen LogP contribution in [-0.4, -0.2) is 33.8 Å². The average Bonchev–Trinajstić information content (AvgIpc) is 2.32. The van der Waals surface area contributed by atoms with E-state index in [9.17, 15) is 5.11 Å². The molecule has 1 heterocycles. The lowest BCUT2D eigenvalue weighted by Gasteiger charge is -2.20. The summed E-state index contributed by atoms with van der Waals surface area (Å²) in [7, 11) is 0. The van der Waals surface area contributed by atoms with Crippen LogP contribution in [0, 0.1) is 6.92 Å². The Balaban J connectivity index is 3.03. The maximum atomic E-state index is 9.47. The molecule has 5 nitrogen and oxygen atoms in total. The number of aliphatic hydroxyl groups is 1. The van der Waals surface area contributed by atoms with Crippen LogP contribution in [0.2, 0.25) is 0 Å². The summed E-state index contributed by atoms with van der Waals surface area (Å²) in [6.07, 6.45) is 0.370. The van der Waals surface area contributed by atoms with E-state index >= 15 is 0 Å². The van der Waals surface area contributed by atoms with Crippen molar-refractivity contribution in [3.63, 3.8) is 0 Å². The van der Waals surface area contributed by atoms with E-state index in [0.717, 1.165) is 29.6 Å². The number of aromatic nitrogens is 2. The van der Waals surface area contributed by atoms with Gasteiger partial charge in [0.1, 0.15) is 17.5 Å². The molecule has 114 valence electrons. The zero-order chi connectivity index (χ0) is 15.3. The number of hydrogen-bond acceptors (Lipinski definition) is 5. The number of nitrogens with zero attached hydrogens (tertiary/aromatic N) is 2. The first-order chi connectivity index (χ1) is 9.35. The van der Waals surface area contributed by atoms with Crippen molar-refractivity contribution >= 4 is 11.6 Å². The van der Waals surface area contributed by atoms with E-state index in [1.165, 1.54) is 0 Å². The van der Waals surface area contributed by atoms with Crippen LogP contribution in [0.5, 0.6) is 0 Å². The van der Waals surface area contributed by atoms with Gasteiger partial charge in [-0.2, -0.15) is 0 Å². The smallest absolute Gasteiger partial charge is 0.135 e. The van der Waals surface area contributed by atoms with Gasteiger partial charge in [-0.25, -0.2) is 9.97 Å². The Bertz CT molecular complexity index is 432. The quantitative estimate of drug-likeness (QED) is 0.716. The third-order valence-electron chi connectivity index (χ3n) is 3.10. The molecular weight excluding hydrogens is 252 g/mol. The minimum absolute atomic E-state index is 0.165. The van der Waals surface area contributed by atoms with Gasteiger partial charge in [0, 0.05) is 24.1 Å². The van der Waals surface area contributed by atoms with Gasteiger partial charge in [0.05, 0.1) is 6.10 Å². The van der Waals surface area contributed by atoms with Crippen molar-refractivity contribution in [3.05, 3.63) is 11.4 Å². The number of aliphatic hydroxyl groups excluding tert-OH is 1. The SMILES string of the molecule is CCNc1nc(C(C)C)nc(NC(C)CC(C)O)c1C. The molecule has 2 unspecified atom stereocenters. The average molecular weight is 280 g/mol. The van der Waals surface area contributed by atoms with Crippen molar-refractivity contribution in [2.24, 2.45) is 0 Å². The molecule has 2 atom stereocenters. The molecule has 1 rings (SSSR count). The van der Waals surface area contributed by atoms with Crippen molar-refractivity contribution in [2.75, 3.05) is 17.2 Å². The van der Waals surface area contributed by atoms with Crippen molar-refractivity contribution in [1.82, 2.24) is 9.97 Å². The Morgan fingerprint density at radius 2 is 1.70 bits per heavy atom. The second-order valence-corrected chi connectivity index (χ2v) is 5.72. The molecular formula is C15H28N4O. The van der Waals surface area contributed by atoms with Gasteiger partial charge in [-0.15, -0.1) is 0 Å². The highest BCUT2D eigenvalue weighted by molar-refractivity contribution is 5.57. The van der Waals surface area contributed by atoms with Crippen LogP contribution in [0.1, 0.15) is 58.3 Å². The molecule has 5 heteroatoms. The van der Waals surface area contributed by atoms with Gasteiger partial charge in [-0.1, -0.05) is 13.8 Å². The van der Waals surface area contributed by atoms with Crippen molar-refractivity contribution in [3.8, 4) is 0 Å². The fourth-order valence-electron chi connectivity index (χ4n) is 2.08. The van der Waals surface area contributed by atoms with Crippen LogP contribution in [0.4, 0.5) is 11.6 Å². The zero-order valence-corrected chi connectivity index (χ0v) is 13.5. The topological polar surface area (TPSA) is 70.1 Å². The lowest BCUT2D eigenvalue weighted by Crippen LogP contribution is -2.23. The highest BCUT2D eigenvalue weighted by atomic mass is 16.3. The Morgan fingerprint density at radius 3 is 2.20 bits per heavy atom. The second kappa shape index (κ2) is 7.43. The van der Waals surface area contributed by atoms with Crippen molar-refractivity contribution in [2.45, 2.75) is 66.0 Å². The predicted molar refractivity (Wildman–Crippen MR) is 84.4 cm³/mol. The fourth-order valence-corrected chi connectivity index (χ4v) is 2.08. The Hall–Kier alpha value is -1.36. The monoisotopic (exact) mass is 280 g/mol. The molecule has 0 bridgehead atoms. The lowest BCUT2D eigenvalue weighted by atomic mass is 10.1. The maximum absolute atomic E-state index is 9.47. The molecule has 0 aliphatic heterocycles. The third-order valence-corrected chi connectivity index (χ3v) is 3.10. The summed E-state index contributed by atoms with van der Waals surface area (Å²) in [6, 6.07) is 0.165. The van der Waals surface area contributed by atoms with Crippen LogP contribution < -0.4 is 10.6 Å². The standard InChI is InChI=1S/C15H28N4O/c1-7-16-14-12(6)15(17-10(4)8-11(5)20)19-13(18-14)9(2)3/h9-11,20H,7-8H2,1-6H3,(H2,16,17,18,19). The van der Waals surface area contributed by atoms with Gasteiger partial charge in [-0.05, 0) is 34.1 Å². The summed E-state index contributed by atoms with van der Waals surface area (Å²) < 4.78 is 0.